The molecule has 0 amide bonds. The minimum absolute atomic E-state index is 0.0411. The van der Waals surface area contributed by atoms with Crippen molar-refractivity contribution in [2.45, 2.75) is 25.8 Å². The number of benzene rings is 1. The van der Waals surface area contributed by atoms with Gasteiger partial charge in [-0.05, 0) is 44.5 Å². The highest BCUT2D eigenvalue weighted by Crippen LogP contribution is 2.20. The van der Waals surface area contributed by atoms with E-state index in [1.165, 1.54) is 12.1 Å². The molecular formula is C13H19F2NO. The molecule has 0 fully saturated rings. The van der Waals surface area contributed by atoms with Gasteiger partial charge >= 0.3 is 0 Å². The van der Waals surface area contributed by atoms with Crippen LogP contribution in [-0.2, 0) is 4.74 Å². The predicted molar refractivity (Wildman–Crippen MR) is 63.9 cm³/mol. The van der Waals surface area contributed by atoms with Crippen LogP contribution < -0.4 is 5.32 Å². The lowest BCUT2D eigenvalue weighted by Crippen LogP contribution is -2.17. The van der Waals surface area contributed by atoms with Crippen molar-refractivity contribution < 1.29 is 13.5 Å². The van der Waals surface area contributed by atoms with Gasteiger partial charge in [0.2, 0.25) is 0 Å². The van der Waals surface area contributed by atoms with Gasteiger partial charge in [-0.15, -0.1) is 0 Å². The SMILES string of the molecule is CCOCCCC(NC)c1cc(F)cc(F)c1. The molecule has 2 nitrogen and oxygen atoms in total. The fourth-order valence-electron chi connectivity index (χ4n) is 1.79. The van der Waals surface area contributed by atoms with Gasteiger partial charge in [0, 0.05) is 25.3 Å². The van der Waals surface area contributed by atoms with Crippen LogP contribution in [0.25, 0.3) is 0 Å². The molecular weight excluding hydrogens is 224 g/mol. The highest BCUT2D eigenvalue weighted by molar-refractivity contribution is 5.21. The second kappa shape index (κ2) is 7.35. The van der Waals surface area contributed by atoms with Crippen LogP contribution in [0.15, 0.2) is 18.2 Å². The van der Waals surface area contributed by atoms with Crippen LogP contribution in [0.3, 0.4) is 0 Å². The zero-order valence-corrected chi connectivity index (χ0v) is 10.3. The summed E-state index contributed by atoms with van der Waals surface area (Å²) in [5.41, 5.74) is 0.640. The summed E-state index contributed by atoms with van der Waals surface area (Å²) in [4.78, 5) is 0. The molecule has 0 radical (unpaired) electrons. The minimum Gasteiger partial charge on any atom is -0.382 e. The molecule has 0 bridgehead atoms. The van der Waals surface area contributed by atoms with Crippen molar-refractivity contribution in [2.24, 2.45) is 0 Å². The molecule has 0 saturated carbocycles. The quantitative estimate of drug-likeness (QED) is 0.743. The minimum atomic E-state index is -0.537. The Morgan fingerprint density at radius 2 is 1.88 bits per heavy atom. The molecule has 0 aliphatic heterocycles. The highest BCUT2D eigenvalue weighted by Gasteiger charge is 2.11. The van der Waals surface area contributed by atoms with Crippen LogP contribution in [0.5, 0.6) is 0 Å². The maximum atomic E-state index is 13.1. The van der Waals surface area contributed by atoms with E-state index < -0.39 is 11.6 Å². The lowest BCUT2D eigenvalue weighted by Gasteiger charge is -2.16. The maximum Gasteiger partial charge on any atom is 0.126 e. The normalized spacial score (nSPS) is 12.7. The first-order valence-corrected chi connectivity index (χ1v) is 5.88. The lowest BCUT2D eigenvalue weighted by molar-refractivity contribution is 0.141. The van der Waals surface area contributed by atoms with Gasteiger partial charge in [-0.25, -0.2) is 8.78 Å². The Labute approximate surface area is 101 Å². The van der Waals surface area contributed by atoms with Gasteiger partial charge < -0.3 is 10.1 Å². The topological polar surface area (TPSA) is 21.3 Å². The Morgan fingerprint density at radius 1 is 1.24 bits per heavy atom. The van der Waals surface area contributed by atoms with Crippen molar-refractivity contribution >= 4 is 0 Å². The molecule has 0 aliphatic carbocycles. The average molecular weight is 243 g/mol. The third-order valence-electron chi connectivity index (χ3n) is 2.62. The molecule has 0 spiro atoms. The zero-order chi connectivity index (χ0) is 12.7. The summed E-state index contributed by atoms with van der Waals surface area (Å²) in [7, 11) is 1.79. The summed E-state index contributed by atoms with van der Waals surface area (Å²) < 4.78 is 31.4. The lowest BCUT2D eigenvalue weighted by atomic mass is 10.0. The van der Waals surface area contributed by atoms with Gasteiger partial charge in [0.05, 0.1) is 0 Å². The molecule has 1 atom stereocenters. The Morgan fingerprint density at radius 3 is 2.41 bits per heavy atom. The first-order valence-electron chi connectivity index (χ1n) is 5.88. The van der Waals surface area contributed by atoms with Gasteiger partial charge in [-0.2, -0.15) is 0 Å². The average Bonchev–Trinajstić information content (AvgIpc) is 2.28. The summed E-state index contributed by atoms with van der Waals surface area (Å²) >= 11 is 0. The van der Waals surface area contributed by atoms with E-state index in [1.807, 2.05) is 6.92 Å². The second-order valence-corrected chi connectivity index (χ2v) is 3.88. The third kappa shape index (κ3) is 4.79. The van der Waals surface area contributed by atoms with Crippen molar-refractivity contribution in [2.75, 3.05) is 20.3 Å². The largest absolute Gasteiger partial charge is 0.382 e. The standard InChI is InChI=1S/C13H19F2NO/c1-3-17-6-4-5-13(16-2)10-7-11(14)9-12(15)8-10/h7-9,13,16H,3-6H2,1-2H3. The summed E-state index contributed by atoms with van der Waals surface area (Å²) in [6, 6.07) is 3.58. The number of hydrogen-bond donors (Lipinski definition) is 1. The van der Waals surface area contributed by atoms with E-state index in [-0.39, 0.29) is 6.04 Å². The third-order valence-corrected chi connectivity index (χ3v) is 2.62. The summed E-state index contributed by atoms with van der Waals surface area (Å²) in [5, 5.41) is 3.06. The first-order chi connectivity index (χ1) is 8.17. The molecule has 1 rings (SSSR count). The van der Waals surface area contributed by atoms with E-state index in [4.69, 9.17) is 4.74 Å². The van der Waals surface area contributed by atoms with E-state index >= 15 is 0 Å². The van der Waals surface area contributed by atoms with Gasteiger partial charge in [0.15, 0.2) is 0 Å². The van der Waals surface area contributed by atoms with Gasteiger partial charge in [0.25, 0.3) is 0 Å². The van der Waals surface area contributed by atoms with Crippen molar-refractivity contribution in [3.05, 3.63) is 35.4 Å². The smallest absolute Gasteiger partial charge is 0.126 e. The Hall–Kier alpha value is -1.00. The van der Waals surface area contributed by atoms with Crippen molar-refractivity contribution in [3.8, 4) is 0 Å². The summed E-state index contributed by atoms with van der Waals surface area (Å²) in [6.45, 7) is 3.31. The van der Waals surface area contributed by atoms with Crippen LogP contribution >= 0.6 is 0 Å². The molecule has 1 N–H and O–H groups in total. The molecule has 0 aliphatic rings. The molecule has 4 heteroatoms. The van der Waals surface area contributed by atoms with Crippen LogP contribution in [-0.4, -0.2) is 20.3 Å². The van der Waals surface area contributed by atoms with E-state index in [9.17, 15) is 8.78 Å². The van der Waals surface area contributed by atoms with Crippen molar-refractivity contribution in [3.63, 3.8) is 0 Å². The zero-order valence-electron chi connectivity index (χ0n) is 10.3. The molecule has 1 aromatic rings. The van der Waals surface area contributed by atoms with Crippen LogP contribution in [0, 0.1) is 11.6 Å². The van der Waals surface area contributed by atoms with E-state index in [1.54, 1.807) is 7.05 Å². The van der Waals surface area contributed by atoms with Crippen LogP contribution in [0.4, 0.5) is 8.78 Å². The van der Waals surface area contributed by atoms with Gasteiger partial charge in [-0.3, -0.25) is 0 Å². The monoisotopic (exact) mass is 243 g/mol. The molecule has 17 heavy (non-hydrogen) atoms. The van der Waals surface area contributed by atoms with E-state index in [0.717, 1.165) is 18.9 Å². The number of rotatable bonds is 7. The molecule has 0 aromatic heterocycles. The predicted octanol–water partition coefficient (Wildman–Crippen LogP) is 3.04. The second-order valence-electron chi connectivity index (χ2n) is 3.88. The summed E-state index contributed by atoms with van der Waals surface area (Å²) in [5.74, 6) is -1.07. The fraction of sp³-hybridized carbons (Fsp3) is 0.538. The Balaban J connectivity index is 2.59. The first kappa shape index (κ1) is 14.1. The molecule has 0 heterocycles. The van der Waals surface area contributed by atoms with Gasteiger partial charge in [-0.1, -0.05) is 0 Å². The Kier molecular flexibility index (Phi) is 6.08. The molecule has 1 aromatic carbocycles. The van der Waals surface area contributed by atoms with Crippen LogP contribution in [0.1, 0.15) is 31.4 Å². The molecule has 0 saturated heterocycles. The number of nitrogens with one attached hydrogen (secondary N) is 1. The van der Waals surface area contributed by atoms with Crippen molar-refractivity contribution in [1.82, 2.24) is 5.32 Å². The highest BCUT2D eigenvalue weighted by atomic mass is 19.1. The van der Waals surface area contributed by atoms with Crippen molar-refractivity contribution in [1.29, 1.82) is 0 Å². The number of halogens is 2. The number of hydrogen-bond acceptors (Lipinski definition) is 2. The molecule has 96 valence electrons. The van der Waals surface area contributed by atoms with Crippen LogP contribution in [0.2, 0.25) is 0 Å². The van der Waals surface area contributed by atoms with Gasteiger partial charge in [0.1, 0.15) is 11.6 Å². The Bertz CT molecular complexity index is 324. The maximum absolute atomic E-state index is 13.1. The van der Waals surface area contributed by atoms with E-state index in [0.29, 0.717) is 18.8 Å². The molecule has 1 unspecified atom stereocenters. The number of ether oxygens (including phenoxy) is 1. The summed E-state index contributed by atoms with van der Waals surface area (Å²) in [6.07, 6.45) is 1.65. The van der Waals surface area contributed by atoms with E-state index in [2.05, 4.69) is 5.32 Å². The fourth-order valence-corrected chi connectivity index (χ4v) is 1.79.